The van der Waals surface area contributed by atoms with Crippen molar-refractivity contribution in [1.82, 2.24) is 10.3 Å². The van der Waals surface area contributed by atoms with Crippen molar-refractivity contribution in [2.45, 2.75) is 11.3 Å². The van der Waals surface area contributed by atoms with Crippen LogP contribution in [0, 0.1) is 6.92 Å². The van der Waals surface area contributed by atoms with E-state index in [1.807, 2.05) is 49.4 Å². The highest BCUT2D eigenvalue weighted by Crippen LogP contribution is 2.28. The number of thiazole rings is 1. The number of amides is 1. The summed E-state index contributed by atoms with van der Waals surface area (Å²) in [6, 6.07) is 15.7. The van der Waals surface area contributed by atoms with E-state index in [0.717, 1.165) is 21.2 Å². The van der Waals surface area contributed by atoms with Crippen molar-refractivity contribution in [3.63, 3.8) is 0 Å². The van der Waals surface area contributed by atoms with Crippen molar-refractivity contribution >= 4 is 39.2 Å². The SMILES string of the molecule is Cc1ccc(C(=O)NCCSc2nc3ccccc3s2)cc1. The van der Waals surface area contributed by atoms with Gasteiger partial charge in [0.05, 0.1) is 10.2 Å². The molecule has 0 bridgehead atoms. The highest BCUT2D eigenvalue weighted by atomic mass is 32.2. The van der Waals surface area contributed by atoms with Crippen molar-refractivity contribution in [1.29, 1.82) is 0 Å². The predicted molar refractivity (Wildman–Crippen MR) is 93.9 cm³/mol. The van der Waals surface area contributed by atoms with Gasteiger partial charge in [0.25, 0.3) is 5.91 Å². The van der Waals surface area contributed by atoms with E-state index in [1.54, 1.807) is 23.1 Å². The molecule has 0 radical (unpaired) electrons. The van der Waals surface area contributed by atoms with Gasteiger partial charge in [-0.2, -0.15) is 0 Å². The summed E-state index contributed by atoms with van der Waals surface area (Å²) in [6.45, 7) is 2.64. The van der Waals surface area contributed by atoms with Crippen LogP contribution in [0.5, 0.6) is 0 Å². The number of para-hydroxylation sites is 1. The van der Waals surface area contributed by atoms with Gasteiger partial charge in [0, 0.05) is 17.9 Å². The number of nitrogens with zero attached hydrogens (tertiary/aromatic N) is 1. The van der Waals surface area contributed by atoms with E-state index in [1.165, 1.54) is 4.70 Å². The Bertz CT molecular complexity index is 748. The van der Waals surface area contributed by atoms with Gasteiger partial charge in [-0.1, -0.05) is 41.6 Å². The minimum absolute atomic E-state index is 0.0232. The summed E-state index contributed by atoms with van der Waals surface area (Å²) < 4.78 is 2.25. The van der Waals surface area contributed by atoms with E-state index in [0.29, 0.717) is 12.1 Å². The highest BCUT2D eigenvalue weighted by Gasteiger charge is 2.06. The molecule has 0 atom stereocenters. The van der Waals surface area contributed by atoms with E-state index in [2.05, 4.69) is 16.4 Å². The van der Waals surface area contributed by atoms with Crippen LogP contribution in [-0.2, 0) is 0 Å². The number of carbonyl (C=O) groups excluding carboxylic acids is 1. The second kappa shape index (κ2) is 6.94. The molecule has 0 aliphatic rings. The quantitative estimate of drug-likeness (QED) is 0.566. The third-order valence-electron chi connectivity index (χ3n) is 3.20. The summed E-state index contributed by atoms with van der Waals surface area (Å²) >= 11 is 3.37. The summed E-state index contributed by atoms with van der Waals surface area (Å²) in [5.41, 5.74) is 2.90. The van der Waals surface area contributed by atoms with Gasteiger partial charge in [-0.15, -0.1) is 11.3 Å². The average Bonchev–Trinajstić information content (AvgIpc) is 2.95. The Morgan fingerprint density at radius 3 is 2.73 bits per heavy atom. The number of aryl methyl sites for hydroxylation is 1. The number of aromatic nitrogens is 1. The number of benzene rings is 2. The van der Waals surface area contributed by atoms with Crippen LogP contribution in [0.3, 0.4) is 0 Å². The summed E-state index contributed by atoms with van der Waals surface area (Å²) in [4.78, 5) is 16.5. The maximum Gasteiger partial charge on any atom is 0.251 e. The molecule has 0 aliphatic heterocycles. The fourth-order valence-electron chi connectivity index (χ4n) is 2.02. The Hall–Kier alpha value is -1.85. The Morgan fingerprint density at radius 1 is 1.18 bits per heavy atom. The molecule has 0 fully saturated rings. The van der Waals surface area contributed by atoms with E-state index >= 15 is 0 Å². The number of fused-ring (bicyclic) bond motifs is 1. The first-order valence-corrected chi connectivity index (χ1v) is 8.86. The zero-order valence-corrected chi connectivity index (χ0v) is 13.8. The van der Waals surface area contributed by atoms with Crippen LogP contribution in [0.4, 0.5) is 0 Å². The van der Waals surface area contributed by atoms with Gasteiger partial charge in [0.2, 0.25) is 0 Å². The molecule has 1 amide bonds. The smallest absolute Gasteiger partial charge is 0.251 e. The van der Waals surface area contributed by atoms with Crippen molar-refractivity contribution in [3.05, 3.63) is 59.7 Å². The standard InChI is InChI=1S/C17H16N2OS2/c1-12-6-8-13(9-7-12)16(20)18-10-11-21-17-19-14-4-2-3-5-15(14)22-17/h2-9H,10-11H2,1H3,(H,18,20). The summed E-state index contributed by atoms with van der Waals surface area (Å²) in [5.74, 6) is 0.794. The van der Waals surface area contributed by atoms with Gasteiger partial charge in [-0.3, -0.25) is 4.79 Å². The Labute approximate surface area is 137 Å². The molecule has 1 aromatic heterocycles. The lowest BCUT2D eigenvalue weighted by molar-refractivity contribution is 0.0956. The molecule has 22 heavy (non-hydrogen) atoms. The van der Waals surface area contributed by atoms with Crippen LogP contribution < -0.4 is 5.32 Å². The van der Waals surface area contributed by atoms with Crippen LogP contribution in [0.15, 0.2) is 52.9 Å². The van der Waals surface area contributed by atoms with Crippen LogP contribution in [0.2, 0.25) is 0 Å². The number of hydrogen-bond acceptors (Lipinski definition) is 4. The van der Waals surface area contributed by atoms with Gasteiger partial charge in [0.1, 0.15) is 0 Å². The third kappa shape index (κ3) is 3.67. The Kier molecular flexibility index (Phi) is 4.75. The zero-order valence-electron chi connectivity index (χ0n) is 12.2. The molecule has 0 aliphatic carbocycles. The van der Waals surface area contributed by atoms with Crippen molar-refractivity contribution in [3.8, 4) is 0 Å². The van der Waals surface area contributed by atoms with Crippen molar-refractivity contribution in [2.24, 2.45) is 0 Å². The van der Waals surface area contributed by atoms with Crippen molar-refractivity contribution in [2.75, 3.05) is 12.3 Å². The molecule has 2 aromatic carbocycles. The fraction of sp³-hybridized carbons (Fsp3) is 0.176. The van der Waals surface area contributed by atoms with E-state index in [4.69, 9.17) is 0 Å². The fourth-order valence-corrected chi connectivity index (χ4v) is 4.02. The molecule has 0 saturated carbocycles. The number of thioether (sulfide) groups is 1. The van der Waals surface area contributed by atoms with Gasteiger partial charge in [-0.05, 0) is 31.2 Å². The average molecular weight is 328 g/mol. The first-order chi connectivity index (χ1) is 10.7. The molecule has 112 valence electrons. The number of rotatable bonds is 5. The molecular weight excluding hydrogens is 312 g/mol. The van der Waals surface area contributed by atoms with Crippen LogP contribution in [-0.4, -0.2) is 23.2 Å². The number of carbonyl (C=O) groups is 1. The Morgan fingerprint density at radius 2 is 1.95 bits per heavy atom. The highest BCUT2D eigenvalue weighted by molar-refractivity contribution is 8.01. The largest absolute Gasteiger partial charge is 0.351 e. The maximum atomic E-state index is 12.0. The summed E-state index contributed by atoms with van der Waals surface area (Å²) in [6.07, 6.45) is 0. The molecule has 3 rings (SSSR count). The molecular formula is C17H16N2OS2. The Balaban J connectivity index is 1.49. The van der Waals surface area contributed by atoms with Gasteiger partial charge >= 0.3 is 0 Å². The second-order valence-electron chi connectivity index (χ2n) is 4.92. The van der Waals surface area contributed by atoms with E-state index in [-0.39, 0.29) is 5.91 Å². The summed E-state index contributed by atoms with van der Waals surface area (Å²) in [7, 11) is 0. The predicted octanol–water partition coefficient (Wildman–Crippen LogP) is 4.13. The molecule has 1 N–H and O–H groups in total. The molecule has 1 heterocycles. The third-order valence-corrected chi connectivity index (χ3v) is 5.38. The van der Waals surface area contributed by atoms with Gasteiger partial charge < -0.3 is 5.32 Å². The van der Waals surface area contributed by atoms with E-state index < -0.39 is 0 Å². The topological polar surface area (TPSA) is 42.0 Å². The lowest BCUT2D eigenvalue weighted by Gasteiger charge is -2.04. The number of hydrogen-bond donors (Lipinski definition) is 1. The molecule has 0 spiro atoms. The molecule has 5 heteroatoms. The number of nitrogens with one attached hydrogen (secondary N) is 1. The minimum Gasteiger partial charge on any atom is -0.351 e. The van der Waals surface area contributed by atoms with Crippen molar-refractivity contribution < 1.29 is 4.79 Å². The molecule has 0 saturated heterocycles. The van der Waals surface area contributed by atoms with E-state index in [9.17, 15) is 4.79 Å². The normalized spacial score (nSPS) is 10.8. The first kappa shape index (κ1) is 15.1. The molecule has 3 nitrogen and oxygen atoms in total. The first-order valence-electron chi connectivity index (χ1n) is 7.05. The second-order valence-corrected chi connectivity index (χ2v) is 7.29. The van der Waals surface area contributed by atoms with Crippen LogP contribution in [0.1, 0.15) is 15.9 Å². The lowest BCUT2D eigenvalue weighted by atomic mass is 10.1. The zero-order chi connectivity index (χ0) is 15.4. The summed E-state index contributed by atoms with van der Waals surface area (Å²) in [5, 5.41) is 2.94. The van der Waals surface area contributed by atoms with Crippen LogP contribution >= 0.6 is 23.1 Å². The van der Waals surface area contributed by atoms with Gasteiger partial charge in [0.15, 0.2) is 4.34 Å². The lowest BCUT2D eigenvalue weighted by Crippen LogP contribution is -2.25. The maximum absolute atomic E-state index is 12.0. The van der Waals surface area contributed by atoms with Gasteiger partial charge in [-0.25, -0.2) is 4.98 Å². The monoisotopic (exact) mass is 328 g/mol. The minimum atomic E-state index is -0.0232. The molecule has 0 unspecified atom stereocenters. The molecule has 3 aromatic rings. The van der Waals surface area contributed by atoms with Crippen LogP contribution in [0.25, 0.3) is 10.2 Å².